The number of rotatable bonds is 2. The fraction of sp³-hybridized carbons (Fsp3) is 0. The van der Waals surface area contributed by atoms with Gasteiger partial charge in [0.1, 0.15) is 10.8 Å². The first-order chi connectivity index (χ1) is 8.50. The Balaban J connectivity index is 2.66. The zero-order valence-electron chi connectivity index (χ0n) is 9.00. The van der Waals surface area contributed by atoms with Crippen LogP contribution in [0.25, 0.3) is 11.3 Å². The molecule has 2 aromatic rings. The molecule has 1 aromatic heterocycles. The zero-order chi connectivity index (χ0) is 13.3. The first kappa shape index (κ1) is 12.2. The summed E-state index contributed by atoms with van der Waals surface area (Å²) < 4.78 is 13.6. The van der Waals surface area contributed by atoms with Gasteiger partial charge in [-0.15, -0.1) is 0 Å². The van der Waals surface area contributed by atoms with E-state index in [-0.39, 0.29) is 10.7 Å². The van der Waals surface area contributed by atoms with Crippen LogP contribution in [-0.2, 0) is 0 Å². The van der Waals surface area contributed by atoms with E-state index < -0.39 is 11.9 Å². The van der Waals surface area contributed by atoms with Crippen molar-refractivity contribution in [2.45, 2.75) is 0 Å². The minimum atomic E-state index is -1.27. The molecule has 1 heterocycles. The summed E-state index contributed by atoms with van der Waals surface area (Å²) >= 11 is 4.83. The Bertz CT molecular complexity index is 590. The molecule has 18 heavy (non-hydrogen) atoms. The van der Waals surface area contributed by atoms with Gasteiger partial charge in [0, 0.05) is 5.56 Å². The minimum absolute atomic E-state index is 0.0295. The zero-order valence-corrected chi connectivity index (χ0v) is 9.82. The Morgan fingerprint density at radius 3 is 2.50 bits per heavy atom. The van der Waals surface area contributed by atoms with Crippen molar-refractivity contribution in [3.8, 4) is 11.3 Å². The standard InChI is InChI=1S/C11H8FN3O2S/c12-7-3-1-6(2-4-7)9-8(10(13)18)5-14-15(9)11(16)17/h1-5H,(H2,13,18)(H,16,17). The summed E-state index contributed by atoms with van der Waals surface area (Å²) in [5.41, 5.74) is 6.54. The van der Waals surface area contributed by atoms with Gasteiger partial charge in [0.05, 0.1) is 17.5 Å². The third kappa shape index (κ3) is 2.07. The van der Waals surface area contributed by atoms with Crippen LogP contribution in [0.15, 0.2) is 30.5 Å². The maximum atomic E-state index is 12.9. The van der Waals surface area contributed by atoms with E-state index in [2.05, 4.69) is 5.10 Å². The third-order valence-corrected chi connectivity index (χ3v) is 2.55. The predicted molar refractivity (Wildman–Crippen MR) is 66.9 cm³/mol. The molecule has 7 heteroatoms. The molecule has 0 spiro atoms. The Hall–Kier alpha value is -2.28. The fourth-order valence-electron chi connectivity index (χ4n) is 1.56. The lowest BCUT2D eigenvalue weighted by molar-refractivity contribution is 0.193. The van der Waals surface area contributed by atoms with Crippen LogP contribution >= 0.6 is 12.2 Å². The third-order valence-electron chi connectivity index (χ3n) is 2.33. The molecule has 0 atom stereocenters. The molecule has 3 N–H and O–H groups in total. The van der Waals surface area contributed by atoms with E-state index >= 15 is 0 Å². The van der Waals surface area contributed by atoms with E-state index in [9.17, 15) is 9.18 Å². The largest absolute Gasteiger partial charge is 0.463 e. The van der Waals surface area contributed by atoms with Gasteiger partial charge >= 0.3 is 6.09 Å². The lowest BCUT2D eigenvalue weighted by atomic mass is 10.1. The normalized spacial score (nSPS) is 10.3. The maximum Gasteiger partial charge on any atom is 0.432 e. The van der Waals surface area contributed by atoms with Gasteiger partial charge < -0.3 is 10.8 Å². The van der Waals surface area contributed by atoms with Crippen LogP contribution in [0.1, 0.15) is 5.56 Å². The number of thiocarbonyl (C=S) groups is 1. The number of benzene rings is 1. The molecule has 0 saturated carbocycles. The second-order valence-electron chi connectivity index (χ2n) is 3.47. The van der Waals surface area contributed by atoms with Crippen LogP contribution in [0, 0.1) is 5.82 Å². The molecule has 0 aliphatic heterocycles. The molecule has 0 saturated heterocycles. The summed E-state index contributed by atoms with van der Waals surface area (Å²) in [5, 5.41) is 12.7. The first-order valence-corrected chi connectivity index (χ1v) is 5.28. The predicted octanol–water partition coefficient (Wildman–Crippen LogP) is 1.85. The average Bonchev–Trinajstić information content (AvgIpc) is 2.74. The molecular weight excluding hydrogens is 257 g/mol. The van der Waals surface area contributed by atoms with Crippen molar-refractivity contribution in [1.82, 2.24) is 9.78 Å². The van der Waals surface area contributed by atoms with Crippen molar-refractivity contribution in [1.29, 1.82) is 0 Å². The smallest absolute Gasteiger partial charge is 0.432 e. The van der Waals surface area contributed by atoms with Crippen LogP contribution in [0.4, 0.5) is 9.18 Å². The summed E-state index contributed by atoms with van der Waals surface area (Å²) in [4.78, 5) is 11.1. The number of hydrogen-bond acceptors (Lipinski definition) is 3. The number of aromatic nitrogens is 2. The summed E-state index contributed by atoms with van der Waals surface area (Å²) in [6, 6.07) is 5.32. The van der Waals surface area contributed by atoms with Crippen molar-refractivity contribution in [3.63, 3.8) is 0 Å². The van der Waals surface area contributed by atoms with Crippen LogP contribution in [0.5, 0.6) is 0 Å². The number of hydrogen-bond donors (Lipinski definition) is 2. The molecular formula is C11H8FN3O2S. The number of nitrogens with two attached hydrogens (primary N) is 1. The highest BCUT2D eigenvalue weighted by molar-refractivity contribution is 7.80. The summed E-state index contributed by atoms with van der Waals surface area (Å²) in [6.45, 7) is 0. The van der Waals surface area contributed by atoms with Crippen molar-refractivity contribution in [3.05, 3.63) is 41.8 Å². The molecule has 5 nitrogen and oxygen atoms in total. The van der Waals surface area contributed by atoms with E-state index in [1.165, 1.54) is 30.5 Å². The van der Waals surface area contributed by atoms with E-state index in [0.29, 0.717) is 11.1 Å². The van der Waals surface area contributed by atoms with Gasteiger partial charge in [-0.05, 0) is 24.3 Å². The lowest BCUT2D eigenvalue weighted by Crippen LogP contribution is -2.14. The molecule has 0 unspecified atom stereocenters. The SMILES string of the molecule is NC(=S)c1cnn(C(=O)O)c1-c1ccc(F)cc1. The van der Waals surface area contributed by atoms with Crippen LogP contribution < -0.4 is 5.73 Å². The van der Waals surface area contributed by atoms with Gasteiger partial charge in [-0.2, -0.15) is 9.78 Å². The molecule has 0 aliphatic carbocycles. The van der Waals surface area contributed by atoms with Crippen LogP contribution in [-0.4, -0.2) is 26.0 Å². The molecule has 0 fully saturated rings. The van der Waals surface area contributed by atoms with Gasteiger partial charge in [-0.25, -0.2) is 9.18 Å². The van der Waals surface area contributed by atoms with Gasteiger partial charge in [0.15, 0.2) is 0 Å². The van der Waals surface area contributed by atoms with E-state index in [4.69, 9.17) is 23.1 Å². The monoisotopic (exact) mass is 265 g/mol. The second kappa shape index (κ2) is 4.53. The van der Waals surface area contributed by atoms with Crippen molar-refractivity contribution < 1.29 is 14.3 Å². The molecule has 0 radical (unpaired) electrons. The summed E-state index contributed by atoms with van der Waals surface area (Å²) in [6.07, 6.45) is 0.00613. The van der Waals surface area contributed by atoms with Crippen LogP contribution in [0.2, 0.25) is 0 Å². The topological polar surface area (TPSA) is 81.1 Å². The highest BCUT2D eigenvalue weighted by Crippen LogP contribution is 2.24. The number of nitrogens with zero attached hydrogens (tertiary/aromatic N) is 2. The average molecular weight is 265 g/mol. The van der Waals surface area contributed by atoms with Crippen molar-refractivity contribution in [2.75, 3.05) is 0 Å². The number of carbonyl (C=O) groups is 1. The van der Waals surface area contributed by atoms with Crippen molar-refractivity contribution >= 4 is 23.3 Å². The molecule has 0 amide bonds. The van der Waals surface area contributed by atoms with E-state index in [0.717, 1.165) is 4.68 Å². The van der Waals surface area contributed by atoms with Gasteiger partial charge in [-0.1, -0.05) is 12.2 Å². The molecule has 1 aromatic carbocycles. The van der Waals surface area contributed by atoms with Gasteiger partial charge in [0.2, 0.25) is 0 Å². The fourth-order valence-corrected chi connectivity index (χ4v) is 1.71. The lowest BCUT2D eigenvalue weighted by Gasteiger charge is -2.05. The summed E-state index contributed by atoms with van der Waals surface area (Å²) in [5.74, 6) is -0.419. The van der Waals surface area contributed by atoms with Gasteiger partial charge in [0.25, 0.3) is 0 Å². The quantitative estimate of drug-likeness (QED) is 0.810. The highest BCUT2D eigenvalue weighted by Gasteiger charge is 2.18. The summed E-state index contributed by atoms with van der Waals surface area (Å²) in [7, 11) is 0. The number of carboxylic acid groups (broad SMARTS) is 1. The first-order valence-electron chi connectivity index (χ1n) is 4.87. The Morgan fingerprint density at radius 1 is 1.39 bits per heavy atom. The van der Waals surface area contributed by atoms with Crippen LogP contribution in [0.3, 0.4) is 0 Å². The van der Waals surface area contributed by atoms with Gasteiger partial charge in [-0.3, -0.25) is 0 Å². The maximum absolute atomic E-state index is 12.9. The second-order valence-corrected chi connectivity index (χ2v) is 3.91. The molecule has 0 bridgehead atoms. The Labute approximate surface area is 107 Å². The Morgan fingerprint density at radius 2 is 2.00 bits per heavy atom. The minimum Gasteiger partial charge on any atom is -0.463 e. The van der Waals surface area contributed by atoms with E-state index in [1.807, 2.05) is 0 Å². The van der Waals surface area contributed by atoms with Crippen molar-refractivity contribution in [2.24, 2.45) is 5.73 Å². The Kier molecular flexibility index (Phi) is 3.07. The molecule has 0 aliphatic rings. The number of halogens is 1. The highest BCUT2D eigenvalue weighted by atomic mass is 32.1. The molecule has 92 valence electrons. The molecule has 2 rings (SSSR count). The van der Waals surface area contributed by atoms with E-state index in [1.54, 1.807) is 0 Å².